The van der Waals surface area contributed by atoms with Crippen LogP contribution in [-0.4, -0.2) is 44.7 Å². The molecule has 0 radical (unpaired) electrons. The Kier molecular flexibility index (Phi) is 7.61. The number of carbonyl (C=O) groups excluding carboxylic acids is 1. The van der Waals surface area contributed by atoms with E-state index in [0.29, 0.717) is 11.3 Å². The lowest BCUT2D eigenvalue weighted by Crippen LogP contribution is -2.47. The first-order valence-electron chi connectivity index (χ1n) is 11.9. The fraction of sp³-hybridized carbons (Fsp3) is 0.345. The van der Waals surface area contributed by atoms with Gasteiger partial charge in [-0.25, -0.2) is 0 Å². The highest BCUT2D eigenvalue weighted by atomic mass is 16.5. The third-order valence-corrected chi connectivity index (χ3v) is 6.69. The number of hydrogen-bond donors (Lipinski definition) is 1. The van der Waals surface area contributed by atoms with Crippen molar-refractivity contribution in [2.24, 2.45) is 0 Å². The van der Waals surface area contributed by atoms with Crippen molar-refractivity contribution in [3.63, 3.8) is 0 Å². The van der Waals surface area contributed by atoms with Crippen LogP contribution in [0.15, 0.2) is 60.7 Å². The third kappa shape index (κ3) is 5.43. The number of methoxy groups -OCH3 is 3. The van der Waals surface area contributed by atoms with Crippen molar-refractivity contribution in [2.45, 2.75) is 38.9 Å². The van der Waals surface area contributed by atoms with Gasteiger partial charge in [-0.05, 0) is 73.4 Å². The summed E-state index contributed by atoms with van der Waals surface area (Å²) in [6, 6.07) is 19.7. The second-order valence-electron chi connectivity index (χ2n) is 9.05. The highest BCUT2D eigenvalue weighted by Gasteiger charge is 2.34. The van der Waals surface area contributed by atoms with Crippen LogP contribution in [0.25, 0.3) is 0 Å². The quantitative estimate of drug-likeness (QED) is 0.501. The maximum absolute atomic E-state index is 13.1. The molecule has 0 aliphatic carbocycles. The summed E-state index contributed by atoms with van der Waals surface area (Å²) in [5, 5.41) is 3.25. The van der Waals surface area contributed by atoms with E-state index in [0.717, 1.165) is 47.7 Å². The summed E-state index contributed by atoms with van der Waals surface area (Å²) in [5.41, 5.74) is 5.31. The smallest absolute Gasteiger partial charge is 0.251 e. The van der Waals surface area contributed by atoms with E-state index < -0.39 is 0 Å². The Morgan fingerprint density at radius 2 is 1.71 bits per heavy atom. The average Bonchev–Trinajstić information content (AvgIpc) is 2.88. The molecule has 0 spiro atoms. The zero-order valence-corrected chi connectivity index (χ0v) is 21.1. The Hall–Kier alpha value is -3.51. The number of rotatable bonds is 8. The molecule has 3 aromatic rings. The molecule has 0 bridgehead atoms. The summed E-state index contributed by atoms with van der Waals surface area (Å²) >= 11 is 0. The number of ether oxygens (including phenoxy) is 3. The van der Waals surface area contributed by atoms with Crippen LogP contribution in [0.3, 0.4) is 0 Å². The van der Waals surface area contributed by atoms with Crippen molar-refractivity contribution in [3.05, 3.63) is 88.5 Å². The summed E-state index contributed by atoms with van der Waals surface area (Å²) < 4.78 is 16.6. The van der Waals surface area contributed by atoms with Gasteiger partial charge in [0.05, 0.1) is 27.4 Å². The van der Waals surface area contributed by atoms with Crippen molar-refractivity contribution in [1.29, 1.82) is 0 Å². The number of carbonyl (C=O) groups is 1. The van der Waals surface area contributed by atoms with Gasteiger partial charge in [0.1, 0.15) is 5.75 Å². The number of benzene rings is 3. The van der Waals surface area contributed by atoms with E-state index in [9.17, 15) is 4.79 Å². The van der Waals surface area contributed by atoms with Crippen molar-refractivity contribution in [2.75, 3.05) is 27.9 Å². The van der Waals surface area contributed by atoms with E-state index in [2.05, 4.69) is 41.4 Å². The van der Waals surface area contributed by atoms with Crippen LogP contribution in [-0.2, 0) is 13.0 Å². The van der Waals surface area contributed by atoms with Crippen LogP contribution in [0.4, 0.5) is 0 Å². The van der Waals surface area contributed by atoms with E-state index in [4.69, 9.17) is 14.2 Å². The maximum Gasteiger partial charge on any atom is 0.251 e. The van der Waals surface area contributed by atoms with E-state index >= 15 is 0 Å². The Morgan fingerprint density at radius 1 is 1.00 bits per heavy atom. The van der Waals surface area contributed by atoms with Crippen LogP contribution in [0.5, 0.6) is 17.2 Å². The van der Waals surface area contributed by atoms with Crippen LogP contribution in [0, 0.1) is 6.92 Å². The summed E-state index contributed by atoms with van der Waals surface area (Å²) in [6.07, 6.45) is 0.884. The lowest BCUT2D eigenvalue weighted by Gasteiger charge is -2.41. The highest BCUT2D eigenvalue weighted by Crippen LogP contribution is 2.40. The molecular formula is C29H34N2O4. The molecule has 0 saturated heterocycles. The van der Waals surface area contributed by atoms with Gasteiger partial charge < -0.3 is 19.5 Å². The SMILES string of the molecule is COc1cccc(CN2CCc3cc(OC)c(OC)cc3[C@@H]2[C@H](C)NC(=O)c2ccc(C)cc2)c1. The van der Waals surface area contributed by atoms with E-state index in [1.165, 1.54) is 5.56 Å². The van der Waals surface area contributed by atoms with Gasteiger partial charge in [-0.1, -0.05) is 29.8 Å². The molecule has 1 amide bonds. The molecule has 0 saturated carbocycles. The Morgan fingerprint density at radius 3 is 2.40 bits per heavy atom. The fourth-order valence-corrected chi connectivity index (χ4v) is 4.87. The second-order valence-corrected chi connectivity index (χ2v) is 9.05. The molecule has 184 valence electrons. The average molecular weight is 475 g/mol. The van der Waals surface area contributed by atoms with Crippen molar-refractivity contribution in [3.8, 4) is 17.2 Å². The number of nitrogens with zero attached hydrogens (tertiary/aromatic N) is 1. The molecule has 4 rings (SSSR count). The van der Waals surface area contributed by atoms with Gasteiger partial charge >= 0.3 is 0 Å². The lowest BCUT2D eigenvalue weighted by atomic mass is 9.87. The van der Waals surface area contributed by atoms with E-state index in [-0.39, 0.29) is 18.0 Å². The molecule has 35 heavy (non-hydrogen) atoms. The molecule has 0 unspecified atom stereocenters. The minimum absolute atomic E-state index is 0.0424. The van der Waals surface area contributed by atoms with Crippen molar-refractivity contribution in [1.82, 2.24) is 10.2 Å². The Balaban J connectivity index is 1.68. The number of amides is 1. The zero-order chi connectivity index (χ0) is 24.9. The Labute approximate surface area is 207 Å². The lowest BCUT2D eigenvalue weighted by molar-refractivity contribution is 0.0877. The summed E-state index contributed by atoms with van der Waals surface area (Å²) in [5.74, 6) is 2.18. The summed E-state index contributed by atoms with van der Waals surface area (Å²) in [6.45, 7) is 5.68. The predicted octanol–water partition coefficient (Wildman–Crippen LogP) is 4.94. The minimum atomic E-state index is -0.147. The third-order valence-electron chi connectivity index (χ3n) is 6.69. The largest absolute Gasteiger partial charge is 0.497 e. The molecule has 1 heterocycles. The first-order chi connectivity index (χ1) is 16.9. The monoisotopic (exact) mass is 474 g/mol. The second kappa shape index (κ2) is 10.8. The van der Waals surface area contributed by atoms with Gasteiger partial charge in [0.2, 0.25) is 0 Å². The minimum Gasteiger partial charge on any atom is -0.497 e. The molecule has 3 aromatic carbocycles. The van der Waals surface area contributed by atoms with Gasteiger partial charge in [-0.3, -0.25) is 9.69 Å². The zero-order valence-electron chi connectivity index (χ0n) is 21.1. The van der Waals surface area contributed by atoms with E-state index in [1.54, 1.807) is 21.3 Å². The van der Waals surface area contributed by atoms with Crippen LogP contribution < -0.4 is 19.5 Å². The topological polar surface area (TPSA) is 60.0 Å². The molecule has 6 heteroatoms. The van der Waals surface area contributed by atoms with Crippen molar-refractivity contribution >= 4 is 5.91 Å². The molecule has 6 nitrogen and oxygen atoms in total. The standard InChI is InChI=1S/C29H34N2O4/c1-19-9-11-22(12-10-19)29(32)30-20(2)28-25-17-27(35-5)26(34-4)16-23(25)13-14-31(28)18-21-7-6-8-24(15-21)33-3/h6-12,15-17,20,28H,13-14,18H2,1-5H3,(H,30,32)/t20-,28-/m0/s1. The number of aryl methyl sites for hydroxylation is 1. The first kappa shape index (κ1) is 24.6. The molecule has 1 aliphatic rings. The molecule has 1 N–H and O–H groups in total. The van der Waals surface area contributed by atoms with Gasteiger partial charge in [-0.2, -0.15) is 0 Å². The van der Waals surface area contributed by atoms with Gasteiger partial charge in [0.25, 0.3) is 5.91 Å². The first-order valence-corrected chi connectivity index (χ1v) is 11.9. The molecule has 0 aromatic heterocycles. The van der Waals surface area contributed by atoms with Crippen LogP contribution in [0.2, 0.25) is 0 Å². The number of hydrogen-bond acceptors (Lipinski definition) is 5. The summed E-state index contributed by atoms with van der Waals surface area (Å²) in [7, 11) is 4.99. The molecule has 0 fully saturated rings. The Bertz CT molecular complexity index is 1180. The fourth-order valence-electron chi connectivity index (χ4n) is 4.87. The molecule has 1 aliphatic heterocycles. The molecule has 2 atom stereocenters. The van der Waals surface area contributed by atoms with Crippen LogP contribution in [0.1, 0.15) is 45.6 Å². The van der Waals surface area contributed by atoms with Gasteiger partial charge in [0.15, 0.2) is 11.5 Å². The predicted molar refractivity (Wildman–Crippen MR) is 138 cm³/mol. The number of nitrogens with one attached hydrogen (secondary N) is 1. The number of fused-ring (bicyclic) bond motifs is 1. The van der Waals surface area contributed by atoms with Crippen LogP contribution >= 0.6 is 0 Å². The van der Waals surface area contributed by atoms with E-state index in [1.807, 2.05) is 43.3 Å². The molecular weight excluding hydrogens is 440 g/mol. The summed E-state index contributed by atoms with van der Waals surface area (Å²) in [4.78, 5) is 15.5. The van der Waals surface area contributed by atoms with Crippen molar-refractivity contribution < 1.29 is 19.0 Å². The van der Waals surface area contributed by atoms with Gasteiger partial charge in [-0.15, -0.1) is 0 Å². The van der Waals surface area contributed by atoms with Gasteiger partial charge in [0, 0.05) is 24.7 Å². The highest BCUT2D eigenvalue weighted by molar-refractivity contribution is 5.94. The normalized spacial score (nSPS) is 16.2. The maximum atomic E-state index is 13.1.